The second kappa shape index (κ2) is 4.68. The first-order valence-corrected chi connectivity index (χ1v) is 6.75. The summed E-state index contributed by atoms with van der Waals surface area (Å²) in [7, 11) is 3.37. The summed E-state index contributed by atoms with van der Waals surface area (Å²) in [5.41, 5.74) is 2.82. The van der Waals surface area contributed by atoms with Gasteiger partial charge in [-0.15, -0.1) is 0 Å². The Kier molecular flexibility index (Phi) is 3.01. The van der Waals surface area contributed by atoms with Crippen molar-refractivity contribution >= 4 is 16.9 Å². The van der Waals surface area contributed by atoms with Gasteiger partial charge in [0.15, 0.2) is 0 Å². The van der Waals surface area contributed by atoms with E-state index >= 15 is 0 Å². The number of nitrogens with zero attached hydrogens (tertiary/aromatic N) is 2. The van der Waals surface area contributed by atoms with Crippen LogP contribution in [-0.4, -0.2) is 22.9 Å². The molecular formula is C15H18N2O2. The summed E-state index contributed by atoms with van der Waals surface area (Å²) >= 11 is 0. The lowest BCUT2D eigenvalue weighted by Crippen LogP contribution is -2.01. The third-order valence-electron chi connectivity index (χ3n) is 4.04. The SMILES string of the molecule is COC(=O)c1ccc2c(c1)c(C1CCCC1)nn2C. The summed E-state index contributed by atoms with van der Waals surface area (Å²) in [6.45, 7) is 0. The number of carbonyl (C=O) groups excluding carboxylic acids is 1. The predicted molar refractivity (Wildman–Crippen MR) is 73.3 cm³/mol. The standard InChI is InChI=1S/C15H18N2O2/c1-17-13-8-7-11(15(18)19-2)9-12(13)14(16-17)10-5-3-4-6-10/h7-10H,3-6H2,1-2H3. The largest absolute Gasteiger partial charge is 0.465 e. The molecule has 4 nitrogen and oxygen atoms in total. The van der Waals surface area contributed by atoms with E-state index in [0.29, 0.717) is 11.5 Å². The maximum Gasteiger partial charge on any atom is 0.337 e. The molecule has 0 unspecified atom stereocenters. The van der Waals surface area contributed by atoms with Gasteiger partial charge >= 0.3 is 5.97 Å². The molecule has 0 spiro atoms. The first kappa shape index (κ1) is 12.2. The van der Waals surface area contributed by atoms with E-state index in [9.17, 15) is 4.79 Å². The molecule has 0 amide bonds. The molecule has 1 aromatic heterocycles. The van der Waals surface area contributed by atoms with Crippen LogP contribution in [0.5, 0.6) is 0 Å². The minimum Gasteiger partial charge on any atom is -0.465 e. The summed E-state index contributed by atoms with van der Waals surface area (Å²) in [6.07, 6.45) is 4.96. The number of fused-ring (bicyclic) bond motifs is 1. The molecule has 0 bridgehead atoms. The Balaban J connectivity index is 2.13. The Morgan fingerprint density at radius 2 is 2.11 bits per heavy atom. The highest BCUT2D eigenvalue weighted by molar-refractivity contribution is 5.95. The zero-order chi connectivity index (χ0) is 13.4. The molecule has 1 fully saturated rings. The molecule has 1 heterocycles. The average Bonchev–Trinajstić information content (AvgIpc) is 3.06. The van der Waals surface area contributed by atoms with E-state index in [4.69, 9.17) is 4.74 Å². The lowest BCUT2D eigenvalue weighted by atomic mass is 9.99. The van der Waals surface area contributed by atoms with Gasteiger partial charge in [-0.25, -0.2) is 4.79 Å². The van der Waals surface area contributed by atoms with Crippen molar-refractivity contribution in [3.8, 4) is 0 Å². The zero-order valence-electron chi connectivity index (χ0n) is 11.3. The van der Waals surface area contributed by atoms with Crippen molar-refractivity contribution in [3.63, 3.8) is 0 Å². The second-order valence-corrected chi connectivity index (χ2v) is 5.21. The van der Waals surface area contributed by atoms with Crippen LogP contribution in [0.1, 0.15) is 47.7 Å². The van der Waals surface area contributed by atoms with Gasteiger partial charge in [0.25, 0.3) is 0 Å². The van der Waals surface area contributed by atoms with Gasteiger partial charge < -0.3 is 4.74 Å². The Morgan fingerprint density at radius 3 is 2.79 bits per heavy atom. The van der Waals surface area contributed by atoms with E-state index in [-0.39, 0.29) is 5.97 Å². The van der Waals surface area contributed by atoms with Gasteiger partial charge in [-0.2, -0.15) is 5.10 Å². The van der Waals surface area contributed by atoms with Gasteiger partial charge in [0, 0.05) is 18.4 Å². The number of carbonyl (C=O) groups is 1. The van der Waals surface area contributed by atoms with Gasteiger partial charge in [-0.3, -0.25) is 4.68 Å². The summed E-state index contributed by atoms with van der Waals surface area (Å²) in [5.74, 6) is 0.250. The number of rotatable bonds is 2. The molecule has 0 saturated heterocycles. The highest BCUT2D eigenvalue weighted by Gasteiger charge is 2.23. The summed E-state index contributed by atoms with van der Waals surface area (Å²) < 4.78 is 6.70. The smallest absolute Gasteiger partial charge is 0.337 e. The van der Waals surface area contributed by atoms with E-state index in [0.717, 1.165) is 16.6 Å². The maximum atomic E-state index is 11.6. The maximum absolute atomic E-state index is 11.6. The van der Waals surface area contributed by atoms with E-state index in [1.807, 2.05) is 23.9 Å². The molecule has 4 heteroatoms. The predicted octanol–water partition coefficient (Wildman–Crippen LogP) is 3.02. The molecule has 0 atom stereocenters. The number of aryl methyl sites for hydroxylation is 1. The van der Waals surface area contributed by atoms with Gasteiger partial charge in [0.1, 0.15) is 0 Å². The third-order valence-corrected chi connectivity index (χ3v) is 4.04. The van der Waals surface area contributed by atoms with Gasteiger partial charge in [-0.1, -0.05) is 12.8 Å². The Bertz CT molecular complexity index is 624. The van der Waals surface area contributed by atoms with Crippen LogP contribution in [0.25, 0.3) is 10.9 Å². The van der Waals surface area contributed by atoms with Crippen LogP contribution >= 0.6 is 0 Å². The van der Waals surface area contributed by atoms with Crippen molar-refractivity contribution in [1.82, 2.24) is 9.78 Å². The molecular weight excluding hydrogens is 240 g/mol. The lowest BCUT2D eigenvalue weighted by Gasteiger charge is -2.06. The lowest BCUT2D eigenvalue weighted by molar-refractivity contribution is 0.0601. The van der Waals surface area contributed by atoms with Crippen molar-refractivity contribution in [3.05, 3.63) is 29.5 Å². The first-order chi connectivity index (χ1) is 9.20. The monoisotopic (exact) mass is 258 g/mol. The van der Waals surface area contributed by atoms with Gasteiger partial charge in [0.2, 0.25) is 0 Å². The molecule has 1 saturated carbocycles. The van der Waals surface area contributed by atoms with Crippen LogP contribution in [0.3, 0.4) is 0 Å². The van der Waals surface area contributed by atoms with Crippen LogP contribution < -0.4 is 0 Å². The zero-order valence-corrected chi connectivity index (χ0v) is 11.3. The van der Waals surface area contributed by atoms with Crippen molar-refractivity contribution in [2.75, 3.05) is 7.11 Å². The second-order valence-electron chi connectivity index (χ2n) is 5.21. The Morgan fingerprint density at radius 1 is 1.37 bits per heavy atom. The van der Waals surface area contributed by atoms with E-state index < -0.39 is 0 Å². The normalized spacial score (nSPS) is 16.1. The molecule has 0 aliphatic heterocycles. The summed E-state index contributed by atoms with van der Waals surface area (Å²) in [6, 6.07) is 5.67. The minimum atomic E-state index is -0.289. The van der Waals surface area contributed by atoms with Crippen LogP contribution in [0.15, 0.2) is 18.2 Å². The minimum absolute atomic E-state index is 0.289. The van der Waals surface area contributed by atoms with E-state index in [1.165, 1.54) is 32.8 Å². The topological polar surface area (TPSA) is 44.1 Å². The Hall–Kier alpha value is -1.84. The van der Waals surface area contributed by atoms with Gasteiger partial charge in [-0.05, 0) is 31.0 Å². The molecule has 0 radical (unpaired) electrons. The van der Waals surface area contributed by atoms with Crippen molar-refractivity contribution in [2.24, 2.45) is 7.05 Å². The van der Waals surface area contributed by atoms with Crippen molar-refractivity contribution < 1.29 is 9.53 Å². The molecule has 2 aromatic rings. The molecule has 100 valence electrons. The van der Waals surface area contributed by atoms with Crippen LogP contribution in [0.2, 0.25) is 0 Å². The van der Waals surface area contributed by atoms with Crippen LogP contribution in [0, 0.1) is 0 Å². The fourth-order valence-electron chi connectivity index (χ4n) is 3.04. The third kappa shape index (κ3) is 2.01. The number of esters is 1. The fourth-order valence-corrected chi connectivity index (χ4v) is 3.04. The summed E-state index contributed by atoms with van der Waals surface area (Å²) in [4.78, 5) is 11.6. The van der Waals surface area contributed by atoms with Crippen molar-refractivity contribution in [1.29, 1.82) is 0 Å². The molecule has 19 heavy (non-hydrogen) atoms. The summed E-state index contributed by atoms with van der Waals surface area (Å²) in [5, 5.41) is 5.76. The highest BCUT2D eigenvalue weighted by atomic mass is 16.5. The number of methoxy groups -OCH3 is 1. The number of ether oxygens (including phenoxy) is 1. The van der Waals surface area contributed by atoms with E-state index in [1.54, 1.807) is 6.07 Å². The number of hydrogen-bond donors (Lipinski definition) is 0. The molecule has 1 aromatic carbocycles. The van der Waals surface area contributed by atoms with Crippen LogP contribution in [-0.2, 0) is 11.8 Å². The molecule has 1 aliphatic rings. The Labute approximate surface area is 112 Å². The quantitative estimate of drug-likeness (QED) is 0.778. The number of hydrogen-bond acceptors (Lipinski definition) is 3. The average molecular weight is 258 g/mol. The molecule has 0 N–H and O–H groups in total. The van der Waals surface area contributed by atoms with Crippen molar-refractivity contribution in [2.45, 2.75) is 31.6 Å². The number of aromatic nitrogens is 2. The fraction of sp³-hybridized carbons (Fsp3) is 0.467. The molecule has 3 rings (SSSR count). The molecule has 1 aliphatic carbocycles. The van der Waals surface area contributed by atoms with E-state index in [2.05, 4.69) is 5.10 Å². The van der Waals surface area contributed by atoms with Gasteiger partial charge in [0.05, 0.1) is 23.9 Å². The van der Waals surface area contributed by atoms with Crippen LogP contribution in [0.4, 0.5) is 0 Å². The highest BCUT2D eigenvalue weighted by Crippen LogP contribution is 2.37. The number of benzene rings is 1. The first-order valence-electron chi connectivity index (χ1n) is 6.75.